The van der Waals surface area contributed by atoms with Gasteiger partial charge in [0.2, 0.25) is 0 Å². The minimum absolute atomic E-state index is 0.113. The number of likely N-dealkylation sites (N-methyl/N-ethyl adjacent to an activating group) is 1. The first-order valence-corrected chi connectivity index (χ1v) is 9.03. The summed E-state index contributed by atoms with van der Waals surface area (Å²) in [6.45, 7) is 0.273. The molecule has 156 valence electrons. The van der Waals surface area contributed by atoms with E-state index in [4.69, 9.17) is 11.5 Å². The average molecular weight is 411 g/mol. The summed E-state index contributed by atoms with van der Waals surface area (Å²) in [4.78, 5) is 52.1. The second-order valence-corrected chi connectivity index (χ2v) is 7.37. The molecule has 0 aliphatic heterocycles. The highest BCUT2D eigenvalue weighted by Crippen LogP contribution is 2.39. The first kappa shape index (κ1) is 21.2. The maximum Gasteiger partial charge on any atom is 0.257 e. The van der Waals surface area contributed by atoms with Gasteiger partial charge < -0.3 is 26.6 Å². The number of carbonyl (C=O) groups is 4. The van der Waals surface area contributed by atoms with Gasteiger partial charge >= 0.3 is 0 Å². The number of nitrogens with two attached hydrogens (primary N) is 2. The van der Waals surface area contributed by atoms with Gasteiger partial charge in [0.15, 0.2) is 17.9 Å². The van der Waals surface area contributed by atoms with E-state index >= 15 is 0 Å². The van der Waals surface area contributed by atoms with Gasteiger partial charge in [-0.1, -0.05) is 24.3 Å². The summed E-state index contributed by atoms with van der Waals surface area (Å²) in [5.74, 6) is -2.00. The van der Waals surface area contributed by atoms with Crippen LogP contribution in [-0.4, -0.2) is 64.7 Å². The molecule has 0 heterocycles. The maximum atomic E-state index is 13.2. The van der Waals surface area contributed by atoms with E-state index in [9.17, 15) is 29.4 Å². The highest BCUT2D eigenvalue weighted by Gasteiger charge is 2.40. The zero-order valence-corrected chi connectivity index (χ0v) is 16.4. The van der Waals surface area contributed by atoms with Gasteiger partial charge in [0.1, 0.15) is 0 Å². The number of fused-ring (bicyclic) bond motifs is 2. The van der Waals surface area contributed by atoms with Crippen LogP contribution in [0, 0.1) is 0 Å². The lowest BCUT2D eigenvalue weighted by atomic mass is 9.79. The van der Waals surface area contributed by atoms with E-state index in [-0.39, 0.29) is 44.8 Å². The number of hydrogen-bond acceptors (Lipinski definition) is 8. The predicted octanol–water partition coefficient (Wildman–Crippen LogP) is 0.254. The van der Waals surface area contributed by atoms with Gasteiger partial charge in [-0.15, -0.1) is 0 Å². The third-order valence-corrected chi connectivity index (χ3v) is 5.62. The molecule has 3 rings (SSSR count). The highest BCUT2D eigenvalue weighted by atomic mass is 16.3. The zero-order valence-electron chi connectivity index (χ0n) is 16.4. The Balaban J connectivity index is 2.32. The number of aldehydes is 1. The van der Waals surface area contributed by atoms with Gasteiger partial charge in [-0.05, 0) is 6.92 Å². The number of amides is 1. The highest BCUT2D eigenvalue weighted by molar-refractivity contribution is 6.33. The summed E-state index contributed by atoms with van der Waals surface area (Å²) in [6.07, 6.45) is 0.292. The van der Waals surface area contributed by atoms with E-state index < -0.39 is 36.2 Å². The Bertz CT molecular complexity index is 1100. The van der Waals surface area contributed by atoms with Crippen molar-refractivity contribution in [3.05, 3.63) is 57.6 Å². The van der Waals surface area contributed by atoms with Crippen molar-refractivity contribution < 1.29 is 29.4 Å². The molecule has 1 aliphatic carbocycles. The molecule has 0 unspecified atom stereocenters. The third-order valence-electron chi connectivity index (χ3n) is 5.62. The summed E-state index contributed by atoms with van der Waals surface area (Å²) >= 11 is 0. The Morgan fingerprint density at radius 3 is 1.93 bits per heavy atom. The normalized spacial score (nSPS) is 12.9. The Morgan fingerprint density at radius 2 is 1.50 bits per heavy atom. The number of benzene rings is 2. The van der Waals surface area contributed by atoms with Crippen molar-refractivity contribution >= 4 is 35.1 Å². The molecule has 9 nitrogen and oxygen atoms in total. The number of aliphatic hydroxyl groups is 2. The summed E-state index contributed by atoms with van der Waals surface area (Å²) in [5, 5.41) is 19.2. The largest absolute Gasteiger partial charge is 0.398 e. The van der Waals surface area contributed by atoms with E-state index in [1.807, 2.05) is 0 Å². The number of carbonyl (C=O) groups excluding carboxylic acids is 4. The van der Waals surface area contributed by atoms with Gasteiger partial charge in [0.25, 0.3) is 5.91 Å². The summed E-state index contributed by atoms with van der Waals surface area (Å²) in [6, 6.07) is 6.11. The van der Waals surface area contributed by atoms with E-state index in [1.54, 1.807) is 12.1 Å². The number of ketones is 2. The minimum atomic E-state index is -1.37. The van der Waals surface area contributed by atoms with Crippen molar-refractivity contribution in [1.29, 1.82) is 0 Å². The molecule has 6 N–H and O–H groups in total. The smallest absolute Gasteiger partial charge is 0.257 e. The molecule has 0 radical (unpaired) electrons. The molecule has 0 saturated carbocycles. The van der Waals surface area contributed by atoms with Gasteiger partial charge in [-0.25, -0.2) is 0 Å². The van der Waals surface area contributed by atoms with Gasteiger partial charge in [0, 0.05) is 18.2 Å². The average Bonchev–Trinajstić information content (AvgIpc) is 2.76. The van der Waals surface area contributed by atoms with Crippen LogP contribution in [0.4, 0.5) is 11.4 Å². The molecule has 2 aromatic carbocycles. The van der Waals surface area contributed by atoms with Crippen LogP contribution >= 0.6 is 0 Å². The van der Waals surface area contributed by atoms with Gasteiger partial charge in [-0.3, -0.25) is 19.2 Å². The Hall–Kier alpha value is -3.56. The SMILES string of the molecule is CN(C(=O)c1c(N)c2c(c(N)c1C=O)C(=O)c1ccccc1C2=O)C(C)(CO)CO. The van der Waals surface area contributed by atoms with E-state index in [0.29, 0.717) is 6.29 Å². The summed E-state index contributed by atoms with van der Waals surface area (Å²) in [7, 11) is 1.31. The number of aliphatic hydroxyl groups excluding tert-OH is 2. The van der Waals surface area contributed by atoms with Crippen molar-refractivity contribution in [1.82, 2.24) is 4.90 Å². The van der Waals surface area contributed by atoms with Crippen LogP contribution in [0.1, 0.15) is 59.5 Å². The van der Waals surface area contributed by atoms with Crippen molar-refractivity contribution in [3.8, 4) is 0 Å². The number of nitrogens with zero attached hydrogens (tertiary/aromatic N) is 1. The molecule has 0 spiro atoms. The first-order valence-electron chi connectivity index (χ1n) is 9.03. The van der Waals surface area contributed by atoms with Crippen molar-refractivity contribution in [3.63, 3.8) is 0 Å². The predicted molar refractivity (Wildman–Crippen MR) is 109 cm³/mol. The summed E-state index contributed by atoms with van der Waals surface area (Å²) < 4.78 is 0. The molecule has 30 heavy (non-hydrogen) atoms. The molecule has 2 aromatic rings. The van der Waals surface area contributed by atoms with E-state index in [2.05, 4.69) is 0 Å². The number of nitrogen functional groups attached to an aromatic ring is 2. The van der Waals surface area contributed by atoms with Crippen LogP contribution in [0.2, 0.25) is 0 Å². The lowest BCUT2D eigenvalue weighted by Gasteiger charge is -2.36. The number of anilines is 2. The fourth-order valence-electron chi connectivity index (χ4n) is 3.46. The van der Waals surface area contributed by atoms with Gasteiger partial charge in [0.05, 0.1) is 52.4 Å². The van der Waals surface area contributed by atoms with Crippen molar-refractivity contribution in [2.45, 2.75) is 12.5 Å². The van der Waals surface area contributed by atoms with Crippen LogP contribution in [0.3, 0.4) is 0 Å². The molecule has 0 bridgehead atoms. The Kier molecular flexibility index (Phi) is 5.19. The fourth-order valence-corrected chi connectivity index (χ4v) is 3.46. The second-order valence-electron chi connectivity index (χ2n) is 7.37. The standard InChI is InChI=1S/C21H21N3O6/c1-21(8-26,9-27)24(2)20(30)13-12(7-25)16(22)14-15(17(13)23)19(29)11-6-4-3-5-10(11)18(14)28/h3-7,26-27H,8-9,22-23H2,1-2H3. The quantitative estimate of drug-likeness (QED) is 0.343. The van der Waals surface area contributed by atoms with Crippen molar-refractivity contribution in [2.75, 3.05) is 31.7 Å². The monoisotopic (exact) mass is 411 g/mol. The Labute approximate surface area is 171 Å². The molecule has 0 saturated heterocycles. The van der Waals surface area contributed by atoms with E-state index in [0.717, 1.165) is 4.90 Å². The topological polar surface area (TPSA) is 164 Å². The lowest BCUT2D eigenvalue weighted by Crippen LogP contribution is -2.53. The van der Waals surface area contributed by atoms with Crippen LogP contribution < -0.4 is 11.5 Å². The van der Waals surface area contributed by atoms with Crippen molar-refractivity contribution in [2.24, 2.45) is 0 Å². The van der Waals surface area contributed by atoms with Crippen LogP contribution in [0.25, 0.3) is 0 Å². The molecule has 0 atom stereocenters. The maximum absolute atomic E-state index is 13.2. The fraction of sp³-hybridized carbons (Fsp3) is 0.238. The van der Waals surface area contributed by atoms with Crippen LogP contribution in [0.5, 0.6) is 0 Å². The van der Waals surface area contributed by atoms with Crippen LogP contribution in [0.15, 0.2) is 24.3 Å². The second kappa shape index (κ2) is 7.36. The molecule has 9 heteroatoms. The lowest BCUT2D eigenvalue weighted by molar-refractivity contribution is 0.0150. The number of hydrogen-bond donors (Lipinski definition) is 4. The minimum Gasteiger partial charge on any atom is -0.398 e. The molecular formula is C21H21N3O6. The molecule has 0 aromatic heterocycles. The molecule has 0 fully saturated rings. The number of rotatable bonds is 5. The Morgan fingerprint density at radius 1 is 1.03 bits per heavy atom. The van der Waals surface area contributed by atoms with E-state index in [1.165, 1.54) is 26.1 Å². The van der Waals surface area contributed by atoms with Gasteiger partial charge in [-0.2, -0.15) is 0 Å². The molecule has 1 amide bonds. The first-order chi connectivity index (χ1) is 14.1. The van der Waals surface area contributed by atoms with Crippen LogP contribution in [-0.2, 0) is 0 Å². The molecular weight excluding hydrogens is 390 g/mol. The molecule has 1 aliphatic rings. The zero-order chi connectivity index (χ0) is 22.4. The third kappa shape index (κ3) is 2.78. The summed E-state index contributed by atoms with van der Waals surface area (Å²) in [5.41, 5.74) is 9.27.